The highest BCUT2D eigenvalue weighted by molar-refractivity contribution is 7.91. The standard InChI is InChI=1S/C12H20N4O3S/c1-13-11-10(20(2,17)18)12-14-6-5-8(16(12)15-11)9-4-3-7-19-9/h8-9,14H,3-7H2,1-2H3,(H,13,15). The Balaban J connectivity index is 2.08. The van der Waals surface area contributed by atoms with Gasteiger partial charge in [-0.15, -0.1) is 0 Å². The normalized spacial score (nSPS) is 26.1. The minimum Gasteiger partial charge on any atom is -0.376 e. The molecule has 0 aromatic carbocycles. The number of fused-ring (bicyclic) bond motifs is 1. The summed E-state index contributed by atoms with van der Waals surface area (Å²) in [7, 11) is -1.66. The van der Waals surface area contributed by atoms with Crippen molar-refractivity contribution in [1.29, 1.82) is 0 Å². The van der Waals surface area contributed by atoms with Crippen molar-refractivity contribution in [3.63, 3.8) is 0 Å². The van der Waals surface area contributed by atoms with Gasteiger partial charge in [0.2, 0.25) is 0 Å². The summed E-state index contributed by atoms with van der Waals surface area (Å²) in [5.74, 6) is 0.989. The minimum atomic E-state index is -3.34. The summed E-state index contributed by atoms with van der Waals surface area (Å²) in [5.41, 5.74) is 0. The summed E-state index contributed by atoms with van der Waals surface area (Å²) >= 11 is 0. The molecule has 112 valence electrons. The third kappa shape index (κ3) is 2.16. The molecule has 2 aliphatic rings. The topological polar surface area (TPSA) is 85.2 Å². The average Bonchev–Trinajstić information content (AvgIpc) is 3.03. The fraction of sp³-hybridized carbons (Fsp3) is 0.750. The van der Waals surface area contributed by atoms with Crippen LogP contribution in [0.15, 0.2) is 4.90 Å². The lowest BCUT2D eigenvalue weighted by atomic mass is 10.0. The lowest BCUT2D eigenvalue weighted by molar-refractivity contribution is 0.0592. The molecule has 1 fully saturated rings. The van der Waals surface area contributed by atoms with Crippen LogP contribution in [0.25, 0.3) is 0 Å². The third-order valence-corrected chi connectivity index (χ3v) is 5.04. The summed E-state index contributed by atoms with van der Waals surface area (Å²) in [4.78, 5) is 0.252. The van der Waals surface area contributed by atoms with E-state index in [1.807, 2.05) is 0 Å². The molecule has 0 amide bonds. The first kappa shape index (κ1) is 13.7. The highest BCUT2D eigenvalue weighted by Crippen LogP contribution is 2.38. The van der Waals surface area contributed by atoms with Crippen molar-refractivity contribution in [1.82, 2.24) is 9.78 Å². The fourth-order valence-corrected chi connectivity index (χ4v) is 4.06. The molecule has 7 nitrogen and oxygen atoms in total. The Morgan fingerprint density at radius 2 is 2.25 bits per heavy atom. The second-order valence-electron chi connectivity index (χ2n) is 5.33. The van der Waals surface area contributed by atoms with Crippen molar-refractivity contribution < 1.29 is 13.2 Å². The maximum Gasteiger partial charge on any atom is 0.182 e. The molecule has 1 aromatic rings. The van der Waals surface area contributed by atoms with Crippen LogP contribution in [-0.2, 0) is 14.6 Å². The maximum absolute atomic E-state index is 12.0. The number of ether oxygens (including phenoxy) is 1. The molecular formula is C12H20N4O3S. The monoisotopic (exact) mass is 300 g/mol. The van der Waals surface area contributed by atoms with E-state index < -0.39 is 9.84 Å². The van der Waals surface area contributed by atoms with Gasteiger partial charge < -0.3 is 15.4 Å². The minimum absolute atomic E-state index is 0.108. The zero-order chi connectivity index (χ0) is 14.3. The molecule has 0 bridgehead atoms. The third-order valence-electron chi connectivity index (χ3n) is 3.92. The van der Waals surface area contributed by atoms with Crippen molar-refractivity contribution in [2.45, 2.75) is 36.3 Å². The first-order valence-electron chi connectivity index (χ1n) is 6.88. The summed E-state index contributed by atoms with van der Waals surface area (Å²) in [6.45, 7) is 1.52. The van der Waals surface area contributed by atoms with Crippen molar-refractivity contribution in [3.8, 4) is 0 Å². The summed E-state index contributed by atoms with van der Waals surface area (Å²) in [5, 5.41) is 10.5. The predicted octanol–water partition coefficient (Wildman–Crippen LogP) is 0.864. The Labute approximate surface area is 118 Å². The van der Waals surface area contributed by atoms with Gasteiger partial charge in [-0.2, -0.15) is 5.10 Å². The molecule has 8 heteroatoms. The molecule has 20 heavy (non-hydrogen) atoms. The summed E-state index contributed by atoms with van der Waals surface area (Å²) in [6, 6.07) is 0.108. The van der Waals surface area contributed by atoms with E-state index >= 15 is 0 Å². The van der Waals surface area contributed by atoms with E-state index in [0.717, 1.165) is 32.4 Å². The van der Waals surface area contributed by atoms with Crippen LogP contribution in [0.1, 0.15) is 25.3 Å². The van der Waals surface area contributed by atoms with Gasteiger partial charge in [0.15, 0.2) is 20.6 Å². The molecule has 2 N–H and O–H groups in total. The Bertz CT molecular complexity index is 604. The van der Waals surface area contributed by atoms with E-state index in [1.54, 1.807) is 11.7 Å². The van der Waals surface area contributed by atoms with E-state index in [9.17, 15) is 8.42 Å². The van der Waals surface area contributed by atoms with Gasteiger partial charge in [0.1, 0.15) is 5.82 Å². The summed E-state index contributed by atoms with van der Waals surface area (Å²) < 4.78 is 31.6. The van der Waals surface area contributed by atoms with Crippen LogP contribution in [0.3, 0.4) is 0 Å². The first-order valence-corrected chi connectivity index (χ1v) is 8.77. The van der Waals surface area contributed by atoms with Crippen LogP contribution >= 0.6 is 0 Å². The molecule has 2 atom stereocenters. The van der Waals surface area contributed by atoms with Crippen LogP contribution in [0.2, 0.25) is 0 Å². The fourth-order valence-electron chi connectivity index (χ4n) is 3.05. The van der Waals surface area contributed by atoms with Crippen LogP contribution in [0.4, 0.5) is 11.6 Å². The highest BCUT2D eigenvalue weighted by atomic mass is 32.2. The van der Waals surface area contributed by atoms with Gasteiger partial charge in [-0.3, -0.25) is 0 Å². The van der Waals surface area contributed by atoms with E-state index in [4.69, 9.17) is 4.74 Å². The Morgan fingerprint density at radius 3 is 2.85 bits per heavy atom. The molecule has 2 aliphatic heterocycles. The van der Waals surface area contributed by atoms with Crippen molar-refractivity contribution in [3.05, 3.63) is 0 Å². The van der Waals surface area contributed by atoms with Crippen molar-refractivity contribution in [2.75, 3.05) is 37.1 Å². The second-order valence-corrected chi connectivity index (χ2v) is 7.28. The number of nitrogens with one attached hydrogen (secondary N) is 2. The van der Waals surface area contributed by atoms with Gasteiger partial charge >= 0.3 is 0 Å². The lowest BCUT2D eigenvalue weighted by Crippen LogP contribution is -2.32. The number of hydrogen-bond acceptors (Lipinski definition) is 6. The maximum atomic E-state index is 12.0. The Kier molecular flexibility index (Phi) is 3.37. The molecule has 3 rings (SSSR count). The first-order chi connectivity index (χ1) is 9.52. The van der Waals surface area contributed by atoms with Gasteiger partial charge in [0.25, 0.3) is 0 Å². The zero-order valence-electron chi connectivity index (χ0n) is 11.7. The quantitative estimate of drug-likeness (QED) is 0.861. The summed E-state index contributed by atoms with van der Waals surface area (Å²) in [6.07, 6.45) is 4.30. The Hall–Kier alpha value is -1.28. The molecule has 0 radical (unpaired) electrons. The molecule has 3 heterocycles. The Morgan fingerprint density at radius 1 is 1.45 bits per heavy atom. The number of sulfone groups is 1. The van der Waals surface area contributed by atoms with Crippen LogP contribution in [0.5, 0.6) is 0 Å². The van der Waals surface area contributed by atoms with Crippen LogP contribution in [0, 0.1) is 0 Å². The predicted molar refractivity (Wildman–Crippen MR) is 76.0 cm³/mol. The molecular weight excluding hydrogens is 280 g/mol. The molecule has 1 saturated heterocycles. The van der Waals surface area contributed by atoms with Gasteiger partial charge in [-0.25, -0.2) is 13.1 Å². The molecule has 1 aromatic heterocycles. The van der Waals surface area contributed by atoms with Gasteiger partial charge in [-0.05, 0) is 19.3 Å². The van der Waals surface area contributed by atoms with Crippen LogP contribution < -0.4 is 10.6 Å². The smallest absolute Gasteiger partial charge is 0.182 e. The average molecular weight is 300 g/mol. The van der Waals surface area contributed by atoms with Crippen molar-refractivity contribution in [2.24, 2.45) is 0 Å². The van der Waals surface area contributed by atoms with E-state index in [1.165, 1.54) is 6.26 Å². The molecule has 2 unspecified atom stereocenters. The largest absolute Gasteiger partial charge is 0.376 e. The number of aromatic nitrogens is 2. The number of nitrogens with zero attached hydrogens (tertiary/aromatic N) is 2. The van der Waals surface area contributed by atoms with E-state index in [0.29, 0.717) is 11.6 Å². The molecule has 0 spiro atoms. The SMILES string of the molecule is CNc1nn2c(c1S(C)(=O)=O)NCCC2C1CCCO1. The second kappa shape index (κ2) is 4.92. The molecule has 0 aliphatic carbocycles. The van der Waals surface area contributed by atoms with Gasteiger partial charge in [0, 0.05) is 26.5 Å². The van der Waals surface area contributed by atoms with E-state index in [2.05, 4.69) is 15.7 Å². The van der Waals surface area contributed by atoms with E-state index in [-0.39, 0.29) is 17.0 Å². The van der Waals surface area contributed by atoms with Crippen LogP contribution in [-0.4, -0.2) is 50.8 Å². The van der Waals surface area contributed by atoms with Gasteiger partial charge in [-0.1, -0.05) is 0 Å². The number of rotatable bonds is 3. The van der Waals surface area contributed by atoms with Gasteiger partial charge in [0.05, 0.1) is 12.1 Å². The lowest BCUT2D eigenvalue weighted by Gasteiger charge is -2.29. The molecule has 0 saturated carbocycles. The van der Waals surface area contributed by atoms with Crippen molar-refractivity contribution >= 4 is 21.5 Å². The number of anilines is 2. The highest BCUT2D eigenvalue weighted by Gasteiger charge is 2.36. The zero-order valence-corrected chi connectivity index (χ0v) is 12.5. The number of hydrogen-bond donors (Lipinski definition) is 2.